The zero-order valence-corrected chi connectivity index (χ0v) is 23.8. The molecule has 0 saturated carbocycles. The van der Waals surface area contributed by atoms with Gasteiger partial charge in [0.2, 0.25) is 0 Å². The van der Waals surface area contributed by atoms with Gasteiger partial charge >= 0.3 is 0 Å². The summed E-state index contributed by atoms with van der Waals surface area (Å²) in [6.07, 6.45) is 12.4. The highest BCUT2D eigenvalue weighted by Gasteiger charge is 2.26. The van der Waals surface area contributed by atoms with Crippen molar-refractivity contribution in [2.75, 3.05) is 0 Å². The molecule has 1 unspecified atom stereocenters. The van der Waals surface area contributed by atoms with Crippen LogP contribution in [-0.4, -0.2) is 0 Å². The molecule has 0 bridgehead atoms. The van der Waals surface area contributed by atoms with Gasteiger partial charge in [0.05, 0.1) is 5.03 Å². The lowest BCUT2D eigenvalue weighted by Gasteiger charge is -2.26. The fourth-order valence-electron chi connectivity index (χ4n) is 2.88. The second-order valence-corrected chi connectivity index (χ2v) is 8.69. The fraction of sp³-hybridized carbons (Fsp3) is 0.419. The third-order valence-electron chi connectivity index (χ3n) is 4.48. The van der Waals surface area contributed by atoms with E-state index in [2.05, 4.69) is 85.9 Å². The number of hydrogen-bond acceptors (Lipinski definition) is 0. The summed E-state index contributed by atoms with van der Waals surface area (Å²) in [6.45, 7) is 24.5. The summed E-state index contributed by atoms with van der Waals surface area (Å²) < 4.78 is 0. The average molecular weight is 490 g/mol. The zero-order valence-electron chi connectivity index (χ0n) is 22.3. The van der Waals surface area contributed by atoms with Gasteiger partial charge in [-0.3, -0.25) is 0 Å². The van der Waals surface area contributed by atoms with E-state index in [4.69, 9.17) is 23.2 Å². The van der Waals surface area contributed by atoms with Gasteiger partial charge < -0.3 is 0 Å². The predicted molar refractivity (Wildman–Crippen MR) is 155 cm³/mol. The van der Waals surface area contributed by atoms with Gasteiger partial charge in [0, 0.05) is 16.5 Å². The summed E-state index contributed by atoms with van der Waals surface area (Å²) in [4.78, 5) is 0. The predicted octanol–water partition coefficient (Wildman–Crippen LogP) is 11.5. The average Bonchev–Trinajstić information content (AvgIpc) is 2.80. The van der Waals surface area contributed by atoms with E-state index in [-0.39, 0.29) is 5.92 Å². The topological polar surface area (TPSA) is 0 Å². The van der Waals surface area contributed by atoms with E-state index in [1.54, 1.807) is 12.2 Å². The van der Waals surface area contributed by atoms with Crippen molar-refractivity contribution >= 4 is 23.2 Å². The van der Waals surface area contributed by atoms with Gasteiger partial charge in [-0.25, -0.2) is 0 Å². The molecule has 0 fully saturated rings. The first-order chi connectivity index (χ1) is 15.7. The number of benzene rings is 1. The Hall–Kier alpha value is -1.76. The first-order valence-corrected chi connectivity index (χ1v) is 12.9. The van der Waals surface area contributed by atoms with Gasteiger partial charge in [-0.1, -0.05) is 163 Å². The van der Waals surface area contributed by atoms with Crippen molar-refractivity contribution in [3.05, 3.63) is 106 Å². The molecule has 2 heteroatoms. The molecule has 2 rings (SSSR count). The van der Waals surface area contributed by atoms with Crippen LogP contribution >= 0.6 is 23.2 Å². The van der Waals surface area contributed by atoms with Crippen LogP contribution in [0.2, 0.25) is 0 Å². The highest BCUT2D eigenvalue weighted by atomic mass is 35.5. The second-order valence-electron chi connectivity index (χ2n) is 7.90. The molecule has 0 radical (unpaired) electrons. The van der Waals surface area contributed by atoms with Crippen LogP contribution in [-0.2, 0) is 0 Å². The van der Waals surface area contributed by atoms with Crippen molar-refractivity contribution in [1.82, 2.24) is 0 Å². The van der Waals surface area contributed by atoms with Crippen LogP contribution in [0, 0.1) is 12.8 Å². The van der Waals surface area contributed by atoms with Crippen molar-refractivity contribution in [3.8, 4) is 0 Å². The maximum Gasteiger partial charge on any atom is 0.0523 e. The number of halogens is 2. The summed E-state index contributed by atoms with van der Waals surface area (Å²) >= 11 is 13.0. The monoisotopic (exact) mass is 488 g/mol. The van der Waals surface area contributed by atoms with Crippen LogP contribution in [0.25, 0.3) is 0 Å². The maximum absolute atomic E-state index is 6.56. The van der Waals surface area contributed by atoms with Crippen LogP contribution in [0.3, 0.4) is 0 Å². The van der Waals surface area contributed by atoms with Crippen LogP contribution in [0.5, 0.6) is 0 Å². The van der Waals surface area contributed by atoms with Gasteiger partial charge in [0.15, 0.2) is 0 Å². The van der Waals surface area contributed by atoms with E-state index in [1.165, 1.54) is 24.0 Å². The molecule has 0 aromatic heterocycles. The maximum atomic E-state index is 6.56. The minimum Gasteiger partial charge on any atom is -0.0984 e. The Bertz CT molecular complexity index is 803. The van der Waals surface area contributed by atoms with Gasteiger partial charge in [-0.05, 0) is 31.4 Å². The molecule has 0 spiro atoms. The minimum absolute atomic E-state index is 0.0765. The molecule has 1 aromatic rings. The normalized spacial score (nSPS) is 16.6. The Labute approximate surface area is 215 Å². The second kappa shape index (κ2) is 20.8. The fourth-order valence-corrected chi connectivity index (χ4v) is 3.57. The Kier molecular flexibility index (Phi) is 21.1. The standard InChI is InChI=1S/C18H22Cl2.C7H8.2C3H8/c1-6-10-13(7-2)11-16-12(5)17(19)14(8-3)15(9-4)18(16)20;1-7-5-3-2-4-6-7;2*1-3-2/h7-9,11-12H,3-4,6,10H2,1-2,5H3;2-6H,1H3;2*3H2,1-2H3/b13-7-,16-11+;;;. The molecule has 0 heterocycles. The van der Waals surface area contributed by atoms with E-state index in [1.807, 2.05) is 25.1 Å². The molecule has 1 atom stereocenters. The highest BCUT2D eigenvalue weighted by molar-refractivity contribution is 6.36. The molecule has 0 nitrogen and oxygen atoms in total. The molecule has 1 aromatic carbocycles. The van der Waals surface area contributed by atoms with Crippen LogP contribution in [0.15, 0.2) is 100 Å². The largest absolute Gasteiger partial charge is 0.0984 e. The summed E-state index contributed by atoms with van der Waals surface area (Å²) in [6, 6.07) is 10.3. The van der Waals surface area contributed by atoms with E-state index < -0.39 is 0 Å². The number of allylic oxidation sites excluding steroid dienone is 10. The lowest BCUT2D eigenvalue weighted by molar-refractivity contribution is 0.837. The SMILES string of the molecule is C=CC1=C(Cl)/C(=C/C(=C\C)CCC)C(C)C(Cl)=C1C=C.CCC.CCC.Cc1ccccc1. The van der Waals surface area contributed by atoms with E-state index >= 15 is 0 Å². The Morgan fingerprint density at radius 3 is 1.73 bits per heavy atom. The first-order valence-electron chi connectivity index (χ1n) is 12.2. The Morgan fingerprint density at radius 1 is 0.909 bits per heavy atom. The number of hydrogen-bond donors (Lipinski definition) is 0. The van der Waals surface area contributed by atoms with Gasteiger partial charge in [0.1, 0.15) is 0 Å². The molecular formula is C31H46Cl2. The van der Waals surface area contributed by atoms with E-state index in [9.17, 15) is 0 Å². The molecule has 0 aliphatic heterocycles. The quantitative estimate of drug-likeness (QED) is 0.386. The lowest BCUT2D eigenvalue weighted by Crippen LogP contribution is -2.11. The van der Waals surface area contributed by atoms with Gasteiger partial charge in [-0.2, -0.15) is 0 Å². The van der Waals surface area contributed by atoms with Gasteiger partial charge in [0.25, 0.3) is 0 Å². The minimum atomic E-state index is 0.0765. The van der Waals surface area contributed by atoms with Gasteiger partial charge in [-0.15, -0.1) is 0 Å². The van der Waals surface area contributed by atoms with Crippen molar-refractivity contribution in [1.29, 1.82) is 0 Å². The summed E-state index contributed by atoms with van der Waals surface area (Å²) in [7, 11) is 0. The van der Waals surface area contributed by atoms with Crippen molar-refractivity contribution in [2.24, 2.45) is 5.92 Å². The van der Waals surface area contributed by atoms with E-state index in [0.717, 1.165) is 39.6 Å². The lowest BCUT2D eigenvalue weighted by atomic mass is 9.85. The molecule has 1 aliphatic carbocycles. The zero-order chi connectivity index (χ0) is 25.8. The molecule has 184 valence electrons. The number of aryl methyl sites for hydroxylation is 1. The third kappa shape index (κ3) is 12.9. The van der Waals surface area contributed by atoms with Crippen LogP contribution in [0.1, 0.15) is 79.7 Å². The molecule has 0 N–H and O–H groups in total. The summed E-state index contributed by atoms with van der Waals surface area (Å²) in [5, 5.41) is 1.50. The molecule has 0 saturated heterocycles. The van der Waals surface area contributed by atoms with Crippen molar-refractivity contribution in [2.45, 2.75) is 81.1 Å². The third-order valence-corrected chi connectivity index (χ3v) is 5.44. The molecule has 1 aliphatic rings. The Balaban J connectivity index is 0. The molecular weight excluding hydrogens is 443 g/mol. The molecule has 33 heavy (non-hydrogen) atoms. The summed E-state index contributed by atoms with van der Waals surface area (Å²) in [5.74, 6) is 0.0765. The first kappa shape index (κ1) is 33.4. The van der Waals surface area contributed by atoms with Crippen LogP contribution < -0.4 is 0 Å². The Morgan fingerprint density at radius 2 is 1.39 bits per heavy atom. The highest BCUT2D eigenvalue weighted by Crippen LogP contribution is 2.43. The van der Waals surface area contributed by atoms with Crippen molar-refractivity contribution in [3.63, 3.8) is 0 Å². The summed E-state index contributed by atoms with van der Waals surface area (Å²) in [5.41, 5.74) is 5.40. The van der Waals surface area contributed by atoms with Crippen LogP contribution in [0.4, 0.5) is 0 Å². The van der Waals surface area contributed by atoms with Crippen molar-refractivity contribution < 1.29 is 0 Å². The van der Waals surface area contributed by atoms with E-state index in [0.29, 0.717) is 0 Å². The smallest absolute Gasteiger partial charge is 0.0523 e. The molecule has 0 amide bonds. The number of rotatable bonds is 5.